The Hall–Kier alpha value is -1.34. The van der Waals surface area contributed by atoms with Crippen molar-refractivity contribution in [1.29, 1.82) is 5.26 Å². The SMILES string of the molecule is Cc1ccc(N)c(S(=O)CCCC#N)c1. The molecule has 1 aromatic rings. The maximum absolute atomic E-state index is 11.8. The average Bonchev–Trinajstić information content (AvgIpc) is 2.22. The van der Waals surface area contributed by atoms with Gasteiger partial charge in [0.2, 0.25) is 0 Å². The van der Waals surface area contributed by atoms with Gasteiger partial charge in [-0.1, -0.05) is 6.07 Å². The van der Waals surface area contributed by atoms with Crippen LogP contribution >= 0.6 is 0 Å². The molecule has 0 spiro atoms. The third kappa shape index (κ3) is 3.37. The highest BCUT2D eigenvalue weighted by Crippen LogP contribution is 2.18. The van der Waals surface area contributed by atoms with Crippen molar-refractivity contribution in [2.75, 3.05) is 11.5 Å². The van der Waals surface area contributed by atoms with Crippen LogP contribution in [0.2, 0.25) is 0 Å². The van der Waals surface area contributed by atoms with E-state index in [2.05, 4.69) is 0 Å². The van der Waals surface area contributed by atoms with Crippen molar-refractivity contribution < 1.29 is 4.21 Å². The van der Waals surface area contributed by atoms with Gasteiger partial charge < -0.3 is 5.73 Å². The summed E-state index contributed by atoms with van der Waals surface area (Å²) in [5.41, 5.74) is 7.35. The first kappa shape index (κ1) is 11.7. The van der Waals surface area contributed by atoms with Gasteiger partial charge in [-0.15, -0.1) is 0 Å². The van der Waals surface area contributed by atoms with E-state index in [-0.39, 0.29) is 0 Å². The Balaban J connectivity index is 2.73. The number of benzene rings is 1. The number of hydrogen-bond acceptors (Lipinski definition) is 3. The van der Waals surface area contributed by atoms with Crippen LogP contribution in [0.3, 0.4) is 0 Å². The van der Waals surface area contributed by atoms with Gasteiger partial charge in [-0.05, 0) is 31.0 Å². The summed E-state index contributed by atoms with van der Waals surface area (Å²) in [7, 11) is -1.08. The molecule has 0 amide bonds. The number of nitriles is 1. The normalized spacial score (nSPS) is 12.0. The van der Waals surface area contributed by atoms with E-state index < -0.39 is 10.8 Å². The third-order valence-electron chi connectivity index (χ3n) is 2.03. The van der Waals surface area contributed by atoms with E-state index in [9.17, 15) is 4.21 Å². The first-order chi connectivity index (χ1) is 7.15. The Morgan fingerprint density at radius 1 is 1.53 bits per heavy atom. The summed E-state index contributed by atoms with van der Waals surface area (Å²) in [6.45, 7) is 1.94. The topological polar surface area (TPSA) is 66.9 Å². The number of unbranched alkanes of at least 4 members (excludes halogenated alkanes) is 1. The van der Waals surface area contributed by atoms with Gasteiger partial charge in [-0.3, -0.25) is 4.21 Å². The minimum Gasteiger partial charge on any atom is -0.398 e. The van der Waals surface area contributed by atoms with Crippen molar-refractivity contribution >= 4 is 16.5 Å². The lowest BCUT2D eigenvalue weighted by Gasteiger charge is -2.05. The summed E-state index contributed by atoms with van der Waals surface area (Å²) in [5.74, 6) is 0.501. The van der Waals surface area contributed by atoms with Crippen molar-refractivity contribution in [3.8, 4) is 6.07 Å². The second kappa shape index (κ2) is 5.52. The predicted octanol–water partition coefficient (Wildman–Crippen LogP) is 1.99. The highest BCUT2D eigenvalue weighted by molar-refractivity contribution is 7.85. The van der Waals surface area contributed by atoms with Gasteiger partial charge in [0.1, 0.15) is 0 Å². The number of rotatable bonds is 4. The summed E-state index contributed by atoms with van der Waals surface area (Å²) in [6.07, 6.45) is 1.09. The van der Waals surface area contributed by atoms with Crippen LogP contribution in [0.5, 0.6) is 0 Å². The second-order valence-electron chi connectivity index (χ2n) is 3.35. The van der Waals surface area contributed by atoms with Gasteiger partial charge in [-0.2, -0.15) is 5.26 Å². The molecule has 80 valence electrons. The lowest BCUT2D eigenvalue weighted by molar-refractivity contribution is 0.681. The molecule has 0 heterocycles. The largest absolute Gasteiger partial charge is 0.398 e. The number of nitrogen functional groups attached to an aromatic ring is 1. The van der Waals surface area contributed by atoms with E-state index in [1.54, 1.807) is 6.07 Å². The van der Waals surface area contributed by atoms with Gasteiger partial charge in [-0.25, -0.2) is 0 Å². The van der Waals surface area contributed by atoms with Crippen molar-refractivity contribution in [1.82, 2.24) is 0 Å². The van der Waals surface area contributed by atoms with Crippen LogP contribution in [0.4, 0.5) is 5.69 Å². The quantitative estimate of drug-likeness (QED) is 0.625. The number of nitrogens with zero attached hydrogens (tertiary/aromatic N) is 1. The molecule has 1 rings (SSSR count). The summed E-state index contributed by atoms with van der Waals surface area (Å²) < 4.78 is 11.8. The summed E-state index contributed by atoms with van der Waals surface area (Å²) >= 11 is 0. The molecule has 0 radical (unpaired) electrons. The maximum atomic E-state index is 11.8. The highest BCUT2D eigenvalue weighted by Gasteiger charge is 2.07. The van der Waals surface area contributed by atoms with Crippen LogP contribution < -0.4 is 5.73 Å². The number of hydrogen-bond donors (Lipinski definition) is 1. The van der Waals surface area contributed by atoms with Crippen molar-refractivity contribution in [3.05, 3.63) is 23.8 Å². The fourth-order valence-corrected chi connectivity index (χ4v) is 2.51. The summed E-state index contributed by atoms with van der Waals surface area (Å²) in [6, 6.07) is 7.54. The van der Waals surface area contributed by atoms with E-state index in [1.807, 2.05) is 25.1 Å². The third-order valence-corrected chi connectivity index (χ3v) is 3.54. The molecule has 15 heavy (non-hydrogen) atoms. The highest BCUT2D eigenvalue weighted by atomic mass is 32.2. The second-order valence-corrected chi connectivity index (χ2v) is 4.89. The van der Waals surface area contributed by atoms with E-state index >= 15 is 0 Å². The fraction of sp³-hybridized carbons (Fsp3) is 0.364. The molecule has 0 aliphatic rings. The van der Waals surface area contributed by atoms with Crippen LogP contribution in [0.25, 0.3) is 0 Å². The molecule has 1 unspecified atom stereocenters. The zero-order chi connectivity index (χ0) is 11.3. The standard InChI is InChI=1S/C11H14N2OS/c1-9-4-5-10(13)11(8-9)15(14)7-3-2-6-12/h4-5,8H,2-3,7,13H2,1H3. The molecule has 4 heteroatoms. The van der Waals surface area contributed by atoms with Crippen LogP contribution in [0, 0.1) is 18.3 Å². The van der Waals surface area contributed by atoms with Crippen molar-refractivity contribution in [2.45, 2.75) is 24.7 Å². The average molecular weight is 222 g/mol. The van der Waals surface area contributed by atoms with Crippen molar-refractivity contribution in [2.24, 2.45) is 0 Å². The smallest absolute Gasteiger partial charge is 0.0622 e. The summed E-state index contributed by atoms with van der Waals surface area (Å²) in [4.78, 5) is 0.688. The number of anilines is 1. The Labute approximate surface area is 92.4 Å². The van der Waals surface area contributed by atoms with Crippen LogP contribution in [-0.2, 0) is 10.8 Å². The molecule has 1 aromatic carbocycles. The Morgan fingerprint density at radius 3 is 2.93 bits per heavy atom. The molecular weight excluding hydrogens is 208 g/mol. The molecule has 0 fully saturated rings. The molecule has 2 N–H and O–H groups in total. The molecule has 0 saturated carbocycles. The molecule has 0 bridgehead atoms. The number of nitrogens with two attached hydrogens (primary N) is 1. The molecule has 0 aliphatic carbocycles. The van der Waals surface area contributed by atoms with Gasteiger partial charge in [0, 0.05) is 17.9 Å². The van der Waals surface area contributed by atoms with E-state index in [0.717, 1.165) is 5.56 Å². The Bertz CT molecular complexity index is 410. The van der Waals surface area contributed by atoms with E-state index in [1.165, 1.54) is 0 Å². The zero-order valence-corrected chi connectivity index (χ0v) is 9.51. The van der Waals surface area contributed by atoms with Gasteiger partial charge in [0.15, 0.2) is 0 Å². The molecule has 0 aliphatic heterocycles. The Kier molecular flexibility index (Phi) is 4.32. The van der Waals surface area contributed by atoms with Crippen LogP contribution in [0.1, 0.15) is 18.4 Å². The first-order valence-electron chi connectivity index (χ1n) is 4.76. The molecular formula is C11H14N2OS. The van der Waals surface area contributed by atoms with Crippen LogP contribution in [-0.4, -0.2) is 9.96 Å². The van der Waals surface area contributed by atoms with Gasteiger partial charge >= 0.3 is 0 Å². The minimum absolute atomic E-state index is 0.442. The fourth-order valence-electron chi connectivity index (χ4n) is 1.23. The molecule has 0 aromatic heterocycles. The van der Waals surface area contributed by atoms with Crippen LogP contribution in [0.15, 0.2) is 23.1 Å². The zero-order valence-electron chi connectivity index (χ0n) is 8.69. The summed E-state index contributed by atoms with van der Waals surface area (Å²) in [5, 5.41) is 8.37. The first-order valence-corrected chi connectivity index (χ1v) is 6.08. The van der Waals surface area contributed by atoms with Gasteiger partial charge in [0.25, 0.3) is 0 Å². The maximum Gasteiger partial charge on any atom is 0.0622 e. The lowest BCUT2D eigenvalue weighted by Crippen LogP contribution is -2.02. The Morgan fingerprint density at radius 2 is 2.27 bits per heavy atom. The van der Waals surface area contributed by atoms with Crippen molar-refractivity contribution in [3.63, 3.8) is 0 Å². The minimum atomic E-state index is -1.08. The molecule has 0 saturated heterocycles. The molecule has 1 atom stereocenters. The van der Waals surface area contributed by atoms with E-state index in [0.29, 0.717) is 29.2 Å². The van der Waals surface area contributed by atoms with E-state index in [4.69, 9.17) is 11.0 Å². The predicted molar refractivity (Wildman–Crippen MR) is 61.7 cm³/mol. The van der Waals surface area contributed by atoms with Gasteiger partial charge in [0.05, 0.1) is 21.8 Å². The lowest BCUT2D eigenvalue weighted by atomic mass is 10.2. The monoisotopic (exact) mass is 222 g/mol. The molecule has 3 nitrogen and oxygen atoms in total. The number of aryl methyl sites for hydroxylation is 1.